The Bertz CT molecular complexity index is 366. The molecule has 126 valence electrons. The molecule has 2 aliphatic rings. The molecule has 1 heterocycles. The van der Waals surface area contributed by atoms with E-state index in [2.05, 4.69) is 21.6 Å². The van der Waals surface area contributed by atoms with Gasteiger partial charge in [0.05, 0.1) is 31.5 Å². The standard InChI is InChI=1S/C17H29O4P/c18-11-5-4-8-14-15(19)12-20-17(14)10-9-16(21-22)13-6-2-1-3-7-13/h4-5,9-10,13-19H,1-3,6-8,11-12,22H2/t14-,15?,16?,17+/m0/s1. The van der Waals surface area contributed by atoms with Gasteiger partial charge in [-0.15, -0.1) is 0 Å². The maximum Gasteiger partial charge on any atom is 0.0832 e. The molecular weight excluding hydrogens is 299 g/mol. The fraction of sp³-hybridized carbons (Fsp3) is 0.765. The first kappa shape index (κ1) is 18.1. The lowest BCUT2D eigenvalue weighted by Crippen LogP contribution is -2.24. The molecule has 22 heavy (non-hydrogen) atoms. The van der Waals surface area contributed by atoms with E-state index in [-0.39, 0.29) is 24.7 Å². The summed E-state index contributed by atoms with van der Waals surface area (Å²) in [5, 5.41) is 18.9. The molecule has 2 rings (SSSR count). The topological polar surface area (TPSA) is 58.9 Å². The molecule has 0 aromatic rings. The molecule has 0 aromatic carbocycles. The van der Waals surface area contributed by atoms with Gasteiger partial charge in [0.25, 0.3) is 0 Å². The Hall–Kier alpha value is -0.250. The first-order valence-electron chi connectivity index (χ1n) is 8.35. The number of ether oxygens (including phenoxy) is 1. The van der Waals surface area contributed by atoms with E-state index in [1.165, 1.54) is 32.1 Å². The zero-order chi connectivity index (χ0) is 15.8. The molecule has 1 aliphatic heterocycles. The van der Waals surface area contributed by atoms with E-state index < -0.39 is 6.10 Å². The number of rotatable bonds is 7. The zero-order valence-electron chi connectivity index (χ0n) is 13.1. The minimum absolute atomic E-state index is 0.0365. The molecule has 1 aliphatic carbocycles. The van der Waals surface area contributed by atoms with Crippen LogP contribution in [-0.4, -0.2) is 41.7 Å². The lowest BCUT2D eigenvalue weighted by Gasteiger charge is -2.27. The predicted molar refractivity (Wildman–Crippen MR) is 90.4 cm³/mol. The first-order chi connectivity index (χ1) is 10.8. The van der Waals surface area contributed by atoms with E-state index in [1.54, 1.807) is 6.08 Å². The van der Waals surface area contributed by atoms with Gasteiger partial charge in [0, 0.05) is 15.4 Å². The second-order valence-electron chi connectivity index (χ2n) is 6.30. The maximum atomic E-state index is 10.0. The molecule has 0 bridgehead atoms. The van der Waals surface area contributed by atoms with Gasteiger partial charge < -0.3 is 19.5 Å². The van der Waals surface area contributed by atoms with Crippen molar-refractivity contribution in [1.82, 2.24) is 0 Å². The summed E-state index contributed by atoms with van der Waals surface area (Å²) in [5.74, 6) is 0.636. The van der Waals surface area contributed by atoms with Crippen LogP contribution in [0.1, 0.15) is 38.5 Å². The number of allylic oxidation sites excluding steroid dienone is 1. The van der Waals surface area contributed by atoms with Gasteiger partial charge in [-0.2, -0.15) is 0 Å². The van der Waals surface area contributed by atoms with Gasteiger partial charge in [-0.1, -0.05) is 43.6 Å². The van der Waals surface area contributed by atoms with Crippen LogP contribution in [0.5, 0.6) is 0 Å². The van der Waals surface area contributed by atoms with Gasteiger partial charge in [0.1, 0.15) is 0 Å². The average molecular weight is 328 g/mol. The first-order valence-corrected chi connectivity index (χ1v) is 8.82. The van der Waals surface area contributed by atoms with Gasteiger partial charge in [0.2, 0.25) is 0 Å². The SMILES string of the molecule is OCC=CC[C@H]1C(O)CO[C@@H]1C=CC(OP)C1CCCCC1. The van der Waals surface area contributed by atoms with Crippen molar-refractivity contribution in [2.24, 2.45) is 11.8 Å². The van der Waals surface area contributed by atoms with Gasteiger partial charge in [-0.05, 0) is 25.2 Å². The highest BCUT2D eigenvalue weighted by atomic mass is 31.0. The van der Waals surface area contributed by atoms with Crippen molar-refractivity contribution in [2.75, 3.05) is 13.2 Å². The Morgan fingerprint density at radius 2 is 2.00 bits per heavy atom. The quantitative estimate of drug-likeness (QED) is 0.557. The summed E-state index contributed by atoms with van der Waals surface area (Å²) in [6.45, 7) is 0.414. The minimum atomic E-state index is -0.442. The number of aliphatic hydroxyl groups is 2. The monoisotopic (exact) mass is 328 g/mol. The summed E-state index contributed by atoms with van der Waals surface area (Å²) in [5.41, 5.74) is 0. The molecule has 1 saturated carbocycles. The highest BCUT2D eigenvalue weighted by Crippen LogP contribution is 2.31. The van der Waals surface area contributed by atoms with E-state index >= 15 is 0 Å². The fourth-order valence-corrected chi connectivity index (χ4v) is 3.80. The number of hydrogen-bond donors (Lipinski definition) is 2. The molecule has 3 unspecified atom stereocenters. The third-order valence-corrected chi connectivity index (χ3v) is 5.13. The molecule has 1 saturated heterocycles. The highest BCUT2D eigenvalue weighted by Gasteiger charge is 2.34. The molecule has 5 atom stereocenters. The van der Waals surface area contributed by atoms with Gasteiger partial charge in [-0.3, -0.25) is 0 Å². The smallest absolute Gasteiger partial charge is 0.0832 e. The van der Waals surface area contributed by atoms with E-state index in [0.717, 1.165) is 0 Å². The molecule has 0 amide bonds. The van der Waals surface area contributed by atoms with Crippen molar-refractivity contribution in [1.29, 1.82) is 0 Å². The summed E-state index contributed by atoms with van der Waals surface area (Å²) in [6, 6.07) is 0. The zero-order valence-corrected chi connectivity index (χ0v) is 14.3. The third kappa shape index (κ3) is 5.14. The Morgan fingerprint density at radius 3 is 2.68 bits per heavy atom. The van der Waals surface area contributed by atoms with Gasteiger partial charge in [-0.25, -0.2) is 0 Å². The average Bonchev–Trinajstić information content (AvgIpc) is 2.90. The van der Waals surface area contributed by atoms with Crippen LogP contribution in [0, 0.1) is 11.8 Å². The van der Waals surface area contributed by atoms with Crippen molar-refractivity contribution in [3.63, 3.8) is 0 Å². The number of aliphatic hydroxyl groups excluding tert-OH is 2. The van der Waals surface area contributed by atoms with E-state index in [1.807, 2.05) is 6.08 Å². The van der Waals surface area contributed by atoms with Gasteiger partial charge >= 0.3 is 0 Å². The van der Waals surface area contributed by atoms with Crippen molar-refractivity contribution < 1.29 is 19.5 Å². The minimum Gasteiger partial charge on any atom is -0.392 e. The van der Waals surface area contributed by atoms with Crippen LogP contribution in [0.3, 0.4) is 0 Å². The Balaban J connectivity index is 1.92. The highest BCUT2D eigenvalue weighted by molar-refractivity contribution is 7.09. The van der Waals surface area contributed by atoms with Crippen molar-refractivity contribution in [2.45, 2.75) is 56.8 Å². The fourth-order valence-electron chi connectivity index (χ4n) is 3.49. The van der Waals surface area contributed by atoms with Crippen LogP contribution in [0.15, 0.2) is 24.3 Å². The van der Waals surface area contributed by atoms with Crippen LogP contribution in [0.2, 0.25) is 0 Å². The maximum absolute atomic E-state index is 10.0. The summed E-state index contributed by atoms with van der Waals surface area (Å²) >= 11 is 0. The predicted octanol–water partition coefficient (Wildman–Crippen LogP) is 2.61. The largest absolute Gasteiger partial charge is 0.392 e. The van der Waals surface area contributed by atoms with Crippen molar-refractivity contribution in [3.8, 4) is 0 Å². The third-order valence-electron chi connectivity index (χ3n) is 4.82. The molecule has 0 aromatic heterocycles. The normalized spacial score (nSPS) is 32.2. The Labute approximate surface area is 135 Å². The summed E-state index contributed by atoms with van der Waals surface area (Å²) in [7, 11) is 2.39. The Morgan fingerprint density at radius 1 is 1.23 bits per heavy atom. The van der Waals surface area contributed by atoms with Crippen LogP contribution in [0.25, 0.3) is 0 Å². The van der Waals surface area contributed by atoms with E-state index in [9.17, 15) is 5.11 Å². The summed E-state index contributed by atoms with van der Waals surface area (Å²) in [4.78, 5) is 0. The summed E-state index contributed by atoms with van der Waals surface area (Å²) < 4.78 is 11.3. The van der Waals surface area contributed by atoms with Crippen LogP contribution < -0.4 is 0 Å². The van der Waals surface area contributed by atoms with E-state index in [0.29, 0.717) is 18.9 Å². The lowest BCUT2D eigenvalue weighted by atomic mass is 9.84. The second-order valence-corrected chi connectivity index (χ2v) is 6.57. The van der Waals surface area contributed by atoms with Crippen LogP contribution >= 0.6 is 9.47 Å². The molecule has 2 N–H and O–H groups in total. The number of hydrogen-bond acceptors (Lipinski definition) is 4. The molecule has 4 nitrogen and oxygen atoms in total. The molecule has 0 spiro atoms. The molecular formula is C17H29O4P. The van der Waals surface area contributed by atoms with E-state index in [4.69, 9.17) is 14.4 Å². The Kier molecular flexibility index (Phi) is 8.05. The van der Waals surface area contributed by atoms with Crippen LogP contribution in [-0.2, 0) is 9.26 Å². The summed E-state index contributed by atoms with van der Waals surface area (Å²) in [6.07, 6.45) is 14.4. The molecule has 0 radical (unpaired) electrons. The van der Waals surface area contributed by atoms with Crippen LogP contribution in [0.4, 0.5) is 0 Å². The van der Waals surface area contributed by atoms with Crippen molar-refractivity contribution >= 4 is 9.47 Å². The van der Waals surface area contributed by atoms with Gasteiger partial charge in [0.15, 0.2) is 0 Å². The van der Waals surface area contributed by atoms with Crippen molar-refractivity contribution in [3.05, 3.63) is 24.3 Å². The second kappa shape index (κ2) is 9.79. The molecule has 2 fully saturated rings. The lowest BCUT2D eigenvalue weighted by molar-refractivity contribution is 0.106. The molecule has 5 heteroatoms.